The maximum Gasteiger partial charge on any atom is 0.120 e. The number of nitrogens with zero attached hydrogens (tertiary/aromatic N) is 2. The van der Waals surface area contributed by atoms with E-state index in [2.05, 4.69) is 16.7 Å². The van der Waals surface area contributed by atoms with E-state index >= 15 is 0 Å². The molecule has 1 aliphatic rings. The molecule has 2 atom stereocenters. The van der Waals surface area contributed by atoms with Crippen LogP contribution in [-0.4, -0.2) is 66.4 Å². The van der Waals surface area contributed by atoms with Gasteiger partial charge >= 0.3 is 0 Å². The highest BCUT2D eigenvalue weighted by molar-refractivity contribution is 6.30. The molecule has 4 nitrogen and oxygen atoms in total. The van der Waals surface area contributed by atoms with Crippen molar-refractivity contribution in [1.82, 2.24) is 9.80 Å². The van der Waals surface area contributed by atoms with Gasteiger partial charge in [0, 0.05) is 43.8 Å². The predicted octanol–water partition coefficient (Wildman–Crippen LogP) is 2.50. The molecule has 2 rings (SSSR count). The first-order valence-corrected chi connectivity index (χ1v) is 8.49. The molecular formula is C17H27ClN2O2. The van der Waals surface area contributed by atoms with Crippen molar-refractivity contribution >= 4 is 11.6 Å². The lowest BCUT2D eigenvalue weighted by atomic mass is 10.1. The fourth-order valence-corrected chi connectivity index (χ4v) is 3.16. The van der Waals surface area contributed by atoms with Crippen LogP contribution in [0.25, 0.3) is 0 Å². The number of β-amino-alcohol motifs (C(OH)–C–C–N with tert-alkyl or cyclic N) is 1. The van der Waals surface area contributed by atoms with Gasteiger partial charge < -0.3 is 9.84 Å². The Morgan fingerprint density at radius 1 is 1.41 bits per heavy atom. The Morgan fingerprint density at radius 2 is 2.23 bits per heavy atom. The van der Waals surface area contributed by atoms with E-state index in [-0.39, 0.29) is 6.10 Å². The lowest BCUT2D eigenvalue weighted by Gasteiger charge is -2.41. The minimum atomic E-state index is -0.258. The van der Waals surface area contributed by atoms with Crippen LogP contribution in [-0.2, 0) is 0 Å². The molecule has 5 heteroatoms. The summed E-state index contributed by atoms with van der Waals surface area (Å²) in [6.07, 6.45) is 0.852. The average Bonchev–Trinajstić information content (AvgIpc) is 2.48. The van der Waals surface area contributed by atoms with Gasteiger partial charge in [0.1, 0.15) is 12.4 Å². The molecular weight excluding hydrogens is 300 g/mol. The van der Waals surface area contributed by atoms with E-state index in [1.807, 2.05) is 31.2 Å². The van der Waals surface area contributed by atoms with Crippen molar-refractivity contribution in [2.24, 2.45) is 0 Å². The Hall–Kier alpha value is -0.810. The molecule has 1 aromatic carbocycles. The molecule has 0 unspecified atom stereocenters. The van der Waals surface area contributed by atoms with Crippen LogP contribution in [0.1, 0.15) is 20.3 Å². The summed E-state index contributed by atoms with van der Waals surface area (Å²) in [6.45, 7) is 9.53. The van der Waals surface area contributed by atoms with Gasteiger partial charge in [-0.3, -0.25) is 9.80 Å². The van der Waals surface area contributed by atoms with E-state index in [9.17, 15) is 5.11 Å². The lowest BCUT2D eigenvalue weighted by Crippen LogP contribution is -2.55. The Labute approximate surface area is 138 Å². The van der Waals surface area contributed by atoms with Crippen molar-refractivity contribution in [3.63, 3.8) is 0 Å². The van der Waals surface area contributed by atoms with Gasteiger partial charge in [0.15, 0.2) is 0 Å². The third kappa shape index (κ3) is 5.43. The van der Waals surface area contributed by atoms with Crippen molar-refractivity contribution in [2.45, 2.75) is 32.4 Å². The van der Waals surface area contributed by atoms with E-state index in [4.69, 9.17) is 16.3 Å². The predicted molar refractivity (Wildman–Crippen MR) is 90.7 cm³/mol. The van der Waals surface area contributed by atoms with E-state index in [0.29, 0.717) is 17.7 Å². The zero-order valence-corrected chi connectivity index (χ0v) is 14.3. The third-order valence-corrected chi connectivity index (χ3v) is 4.37. The monoisotopic (exact) mass is 326 g/mol. The molecule has 1 saturated heterocycles. The zero-order valence-electron chi connectivity index (χ0n) is 13.5. The third-order valence-electron chi connectivity index (χ3n) is 4.13. The molecule has 0 bridgehead atoms. The highest BCUT2D eigenvalue weighted by Crippen LogP contribution is 2.17. The zero-order chi connectivity index (χ0) is 15.9. The first-order valence-electron chi connectivity index (χ1n) is 8.11. The molecule has 124 valence electrons. The van der Waals surface area contributed by atoms with Gasteiger partial charge in [0.05, 0.1) is 6.10 Å². The largest absolute Gasteiger partial charge is 0.492 e. The first kappa shape index (κ1) is 17.5. The number of ether oxygens (including phenoxy) is 1. The summed E-state index contributed by atoms with van der Waals surface area (Å²) in [5, 5.41) is 10.3. The van der Waals surface area contributed by atoms with Gasteiger partial charge in [-0.2, -0.15) is 0 Å². The second kappa shape index (κ2) is 8.73. The minimum Gasteiger partial charge on any atom is -0.492 e. The Balaban J connectivity index is 1.75. The normalized spacial score (nSPS) is 21.7. The molecule has 1 fully saturated rings. The number of aliphatic hydroxyl groups excluding tert-OH is 1. The molecule has 0 radical (unpaired) electrons. The van der Waals surface area contributed by atoms with Crippen LogP contribution in [0.2, 0.25) is 5.02 Å². The maximum atomic E-state index is 9.59. The molecule has 0 aromatic heterocycles. The molecule has 1 aliphatic heterocycles. The fourth-order valence-electron chi connectivity index (χ4n) is 2.98. The van der Waals surface area contributed by atoms with Crippen molar-refractivity contribution in [3.05, 3.63) is 29.3 Å². The standard InChI is InChI=1S/C17H27ClN2O2/c1-3-16-13-19(7-8-20(16)12-14(2)21)9-10-22-17-6-4-5-15(18)11-17/h4-6,11,14,16,21H,3,7-10,12-13H2,1-2H3/t14-,16-/m0/s1. The van der Waals surface area contributed by atoms with Gasteiger partial charge in [-0.25, -0.2) is 0 Å². The van der Waals surface area contributed by atoms with Crippen LogP contribution in [0.5, 0.6) is 5.75 Å². The summed E-state index contributed by atoms with van der Waals surface area (Å²) < 4.78 is 5.77. The molecule has 1 aromatic rings. The number of aliphatic hydroxyl groups is 1. The number of rotatable bonds is 7. The van der Waals surface area contributed by atoms with E-state index in [0.717, 1.165) is 44.9 Å². The minimum absolute atomic E-state index is 0.258. The van der Waals surface area contributed by atoms with E-state index in [1.165, 1.54) is 0 Å². The van der Waals surface area contributed by atoms with E-state index < -0.39 is 0 Å². The summed E-state index contributed by atoms with van der Waals surface area (Å²) in [6, 6.07) is 8.05. The van der Waals surface area contributed by atoms with Crippen molar-refractivity contribution in [2.75, 3.05) is 39.3 Å². The van der Waals surface area contributed by atoms with Gasteiger partial charge in [-0.1, -0.05) is 24.6 Å². The smallest absolute Gasteiger partial charge is 0.120 e. The first-order chi connectivity index (χ1) is 10.6. The van der Waals surface area contributed by atoms with Gasteiger partial charge in [-0.05, 0) is 31.5 Å². The maximum absolute atomic E-state index is 9.59. The Morgan fingerprint density at radius 3 is 2.91 bits per heavy atom. The van der Waals surface area contributed by atoms with Crippen LogP contribution in [0.3, 0.4) is 0 Å². The Kier molecular flexibility index (Phi) is 6.96. The number of halogens is 1. The lowest BCUT2D eigenvalue weighted by molar-refractivity contribution is 0.0322. The molecule has 0 saturated carbocycles. The van der Waals surface area contributed by atoms with Crippen molar-refractivity contribution in [1.29, 1.82) is 0 Å². The molecule has 0 aliphatic carbocycles. The highest BCUT2D eigenvalue weighted by atomic mass is 35.5. The number of hydrogen-bond donors (Lipinski definition) is 1. The van der Waals surface area contributed by atoms with Crippen molar-refractivity contribution < 1.29 is 9.84 Å². The van der Waals surface area contributed by atoms with Crippen LogP contribution in [0.4, 0.5) is 0 Å². The van der Waals surface area contributed by atoms with Crippen LogP contribution in [0, 0.1) is 0 Å². The quantitative estimate of drug-likeness (QED) is 0.835. The number of benzene rings is 1. The second-order valence-corrected chi connectivity index (χ2v) is 6.45. The van der Waals surface area contributed by atoms with Gasteiger partial charge in [-0.15, -0.1) is 0 Å². The Bertz CT molecular complexity index is 456. The summed E-state index contributed by atoms with van der Waals surface area (Å²) >= 11 is 5.95. The van der Waals surface area contributed by atoms with Gasteiger partial charge in [0.25, 0.3) is 0 Å². The van der Waals surface area contributed by atoms with E-state index in [1.54, 1.807) is 0 Å². The topological polar surface area (TPSA) is 35.9 Å². The second-order valence-electron chi connectivity index (χ2n) is 6.01. The van der Waals surface area contributed by atoms with Crippen LogP contribution in [0.15, 0.2) is 24.3 Å². The van der Waals surface area contributed by atoms with Gasteiger partial charge in [0.2, 0.25) is 0 Å². The molecule has 0 amide bonds. The highest BCUT2D eigenvalue weighted by Gasteiger charge is 2.26. The van der Waals surface area contributed by atoms with Crippen LogP contribution < -0.4 is 4.74 Å². The molecule has 1 N–H and O–H groups in total. The summed E-state index contributed by atoms with van der Waals surface area (Å²) in [5.74, 6) is 0.826. The molecule has 1 heterocycles. The summed E-state index contributed by atoms with van der Waals surface area (Å²) in [4.78, 5) is 4.84. The van der Waals surface area contributed by atoms with Crippen molar-refractivity contribution in [3.8, 4) is 5.75 Å². The number of piperazine rings is 1. The number of hydrogen-bond acceptors (Lipinski definition) is 4. The molecule has 0 spiro atoms. The van der Waals surface area contributed by atoms with Crippen LogP contribution >= 0.6 is 11.6 Å². The fraction of sp³-hybridized carbons (Fsp3) is 0.647. The SMILES string of the molecule is CC[C@H]1CN(CCOc2cccc(Cl)c2)CCN1C[C@H](C)O. The summed E-state index contributed by atoms with van der Waals surface area (Å²) in [7, 11) is 0. The summed E-state index contributed by atoms with van der Waals surface area (Å²) in [5.41, 5.74) is 0. The molecule has 22 heavy (non-hydrogen) atoms. The average molecular weight is 327 g/mol.